The lowest BCUT2D eigenvalue weighted by molar-refractivity contribution is -0.115. The van der Waals surface area contributed by atoms with Crippen molar-refractivity contribution in [3.05, 3.63) is 58.2 Å². The van der Waals surface area contributed by atoms with Gasteiger partial charge in [0.1, 0.15) is 10.8 Å². The lowest BCUT2D eigenvalue weighted by atomic mass is 10.2. The van der Waals surface area contributed by atoms with Gasteiger partial charge in [-0.1, -0.05) is 6.07 Å². The lowest BCUT2D eigenvalue weighted by Gasteiger charge is -2.03. The van der Waals surface area contributed by atoms with E-state index in [1.54, 1.807) is 22.7 Å². The summed E-state index contributed by atoms with van der Waals surface area (Å²) in [4.78, 5) is 22.5. The summed E-state index contributed by atoms with van der Waals surface area (Å²) >= 11 is 4.61. The molecule has 0 atom stereocenters. The predicted octanol–water partition coefficient (Wildman–Crippen LogP) is 5.58. The van der Waals surface area contributed by atoms with Gasteiger partial charge in [-0.3, -0.25) is 4.79 Å². The van der Waals surface area contributed by atoms with Crippen LogP contribution < -0.4 is 10.1 Å². The van der Waals surface area contributed by atoms with Crippen molar-refractivity contribution in [1.82, 2.24) is 9.97 Å². The van der Waals surface area contributed by atoms with Crippen LogP contribution in [0.1, 0.15) is 12.6 Å². The van der Waals surface area contributed by atoms with E-state index in [-0.39, 0.29) is 12.3 Å². The van der Waals surface area contributed by atoms with Crippen LogP contribution in [0.4, 0.5) is 5.13 Å². The molecule has 8 heteroatoms. The molecule has 1 N–H and O–H groups in total. The van der Waals surface area contributed by atoms with Gasteiger partial charge in [0.2, 0.25) is 5.91 Å². The summed E-state index contributed by atoms with van der Waals surface area (Å²) in [6, 6.07) is 11.8. The third kappa shape index (κ3) is 4.46. The quantitative estimate of drug-likeness (QED) is 0.418. The molecule has 0 saturated carbocycles. The fraction of sp³-hybridized carbons (Fsp3) is 0.150. The van der Waals surface area contributed by atoms with Gasteiger partial charge in [0.05, 0.1) is 29.3 Å². The van der Waals surface area contributed by atoms with E-state index in [0.29, 0.717) is 11.7 Å². The third-order valence-corrected chi connectivity index (χ3v) is 6.52. The van der Waals surface area contributed by atoms with Crippen LogP contribution in [-0.2, 0) is 11.2 Å². The van der Waals surface area contributed by atoms with Crippen LogP contribution in [-0.4, -0.2) is 22.5 Å². The standard InChI is InChI=1S/C20H17N3O2S3/c1-2-25-15-7-5-13(6-8-15)16-12-28-20(22-16)23-18(24)10-14-11-27-19(21-14)17-4-3-9-26-17/h3-9,11-12H,2,10H2,1H3,(H,22,23,24). The number of rotatable bonds is 7. The molecule has 4 aromatic rings. The zero-order chi connectivity index (χ0) is 19.3. The maximum absolute atomic E-state index is 12.3. The largest absolute Gasteiger partial charge is 0.494 e. The summed E-state index contributed by atoms with van der Waals surface area (Å²) in [6.07, 6.45) is 0.236. The monoisotopic (exact) mass is 427 g/mol. The molecule has 0 unspecified atom stereocenters. The molecule has 0 aliphatic heterocycles. The zero-order valence-corrected chi connectivity index (χ0v) is 17.5. The molecular weight excluding hydrogens is 410 g/mol. The average Bonchev–Trinajstić information content (AvgIpc) is 3.44. The summed E-state index contributed by atoms with van der Waals surface area (Å²) in [5, 5.41) is 10.3. The van der Waals surface area contributed by atoms with Crippen molar-refractivity contribution >= 4 is 45.0 Å². The van der Waals surface area contributed by atoms with E-state index in [9.17, 15) is 4.79 Å². The van der Waals surface area contributed by atoms with E-state index in [0.717, 1.165) is 32.6 Å². The minimum Gasteiger partial charge on any atom is -0.494 e. The van der Waals surface area contributed by atoms with Gasteiger partial charge in [0.15, 0.2) is 5.13 Å². The van der Waals surface area contributed by atoms with Gasteiger partial charge in [-0.25, -0.2) is 9.97 Å². The first-order valence-electron chi connectivity index (χ1n) is 8.68. The first-order chi connectivity index (χ1) is 13.7. The van der Waals surface area contributed by atoms with Crippen molar-refractivity contribution in [3.8, 4) is 26.9 Å². The SMILES string of the molecule is CCOc1ccc(-c2csc(NC(=O)Cc3csc(-c4cccs4)n3)n2)cc1. The van der Waals surface area contributed by atoms with Gasteiger partial charge in [-0.2, -0.15) is 0 Å². The van der Waals surface area contributed by atoms with E-state index in [1.807, 2.05) is 59.5 Å². The Morgan fingerprint density at radius 2 is 1.93 bits per heavy atom. The molecule has 0 saturated heterocycles. The molecule has 28 heavy (non-hydrogen) atoms. The molecule has 5 nitrogen and oxygen atoms in total. The number of benzene rings is 1. The van der Waals surface area contributed by atoms with Crippen LogP contribution >= 0.6 is 34.0 Å². The number of ether oxygens (including phenoxy) is 1. The Hall–Kier alpha value is -2.55. The molecule has 3 aromatic heterocycles. The van der Waals surface area contributed by atoms with Crippen LogP contribution in [0.25, 0.3) is 21.1 Å². The highest BCUT2D eigenvalue weighted by Gasteiger charge is 2.12. The van der Waals surface area contributed by atoms with Crippen molar-refractivity contribution < 1.29 is 9.53 Å². The Labute approximate surface area is 174 Å². The number of thiazole rings is 2. The Morgan fingerprint density at radius 1 is 1.07 bits per heavy atom. The number of carbonyl (C=O) groups is 1. The zero-order valence-electron chi connectivity index (χ0n) is 15.0. The summed E-state index contributed by atoms with van der Waals surface area (Å²) in [5.41, 5.74) is 2.59. The maximum Gasteiger partial charge on any atom is 0.232 e. The van der Waals surface area contributed by atoms with Gasteiger partial charge in [0.25, 0.3) is 0 Å². The molecule has 1 aromatic carbocycles. The van der Waals surface area contributed by atoms with E-state index in [1.165, 1.54) is 11.3 Å². The second-order valence-corrected chi connectivity index (χ2v) is 8.51. The number of hydrogen-bond acceptors (Lipinski definition) is 7. The first-order valence-corrected chi connectivity index (χ1v) is 11.3. The smallest absolute Gasteiger partial charge is 0.232 e. The van der Waals surface area contributed by atoms with Crippen LogP contribution in [0.3, 0.4) is 0 Å². The van der Waals surface area contributed by atoms with Gasteiger partial charge in [0, 0.05) is 16.3 Å². The first kappa shape index (κ1) is 18.8. The Balaban J connectivity index is 1.37. The van der Waals surface area contributed by atoms with Crippen LogP contribution in [0.15, 0.2) is 52.5 Å². The molecule has 0 spiro atoms. The second kappa shape index (κ2) is 8.64. The van der Waals surface area contributed by atoms with Crippen molar-refractivity contribution in [3.63, 3.8) is 0 Å². The maximum atomic E-state index is 12.3. The van der Waals surface area contributed by atoms with Crippen LogP contribution in [0.2, 0.25) is 0 Å². The van der Waals surface area contributed by atoms with Gasteiger partial charge in [-0.05, 0) is 42.6 Å². The number of anilines is 1. The molecule has 0 radical (unpaired) electrons. The molecule has 1 amide bonds. The number of nitrogens with one attached hydrogen (secondary N) is 1. The third-order valence-electron chi connectivity index (χ3n) is 3.84. The summed E-state index contributed by atoms with van der Waals surface area (Å²) in [5.74, 6) is 0.718. The number of aromatic nitrogens is 2. The normalized spacial score (nSPS) is 10.8. The molecule has 142 valence electrons. The van der Waals surface area contributed by atoms with Crippen LogP contribution in [0, 0.1) is 0 Å². The highest BCUT2D eigenvalue weighted by Crippen LogP contribution is 2.29. The summed E-state index contributed by atoms with van der Waals surface area (Å²) in [6.45, 7) is 2.60. The molecule has 0 bridgehead atoms. The summed E-state index contributed by atoms with van der Waals surface area (Å²) in [7, 11) is 0. The van der Waals surface area contributed by atoms with Crippen molar-refractivity contribution in [1.29, 1.82) is 0 Å². The molecule has 0 fully saturated rings. The lowest BCUT2D eigenvalue weighted by Crippen LogP contribution is -2.14. The fourth-order valence-corrected chi connectivity index (χ4v) is 4.95. The number of thiophene rings is 1. The second-order valence-electron chi connectivity index (χ2n) is 5.84. The van der Waals surface area contributed by atoms with Gasteiger partial charge in [-0.15, -0.1) is 34.0 Å². The Bertz CT molecular complexity index is 1050. The number of carbonyl (C=O) groups excluding carboxylic acids is 1. The minimum atomic E-state index is -0.115. The highest BCUT2D eigenvalue weighted by atomic mass is 32.1. The van der Waals surface area contributed by atoms with Gasteiger partial charge < -0.3 is 10.1 Å². The molecule has 0 aliphatic carbocycles. The Morgan fingerprint density at radius 3 is 2.68 bits per heavy atom. The highest BCUT2D eigenvalue weighted by molar-refractivity contribution is 7.20. The van der Waals surface area contributed by atoms with E-state index < -0.39 is 0 Å². The van der Waals surface area contributed by atoms with E-state index in [4.69, 9.17) is 4.74 Å². The number of nitrogens with zero attached hydrogens (tertiary/aromatic N) is 2. The van der Waals surface area contributed by atoms with Crippen molar-refractivity contribution in [2.45, 2.75) is 13.3 Å². The van der Waals surface area contributed by atoms with Gasteiger partial charge >= 0.3 is 0 Å². The van der Waals surface area contributed by atoms with Crippen molar-refractivity contribution in [2.24, 2.45) is 0 Å². The molecule has 3 heterocycles. The fourth-order valence-electron chi connectivity index (χ4n) is 2.58. The predicted molar refractivity (Wildman–Crippen MR) is 116 cm³/mol. The van der Waals surface area contributed by atoms with E-state index in [2.05, 4.69) is 15.3 Å². The molecule has 4 rings (SSSR count). The Kier molecular flexibility index (Phi) is 5.80. The number of hydrogen-bond donors (Lipinski definition) is 1. The number of amides is 1. The van der Waals surface area contributed by atoms with E-state index >= 15 is 0 Å². The molecule has 0 aliphatic rings. The average molecular weight is 428 g/mol. The van der Waals surface area contributed by atoms with Crippen LogP contribution in [0.5, 0.6) is 5.75 Å². The molecular formula is C20H17N3O2S3. The minimum absolute atomic E-state index is 0.115. The summed E-state index contributed by atoms with van der Waals surface area (Å²) < 4.78 is 5.46. The van der Waals surface area contributed by atoms with Crippen molar-refractivity contribution in [2.75, 3.05) is 11.9 Å². The topological polar surface area (TPSA) is 64.1 Å².